The molecule has 20 heavy (non-hydrogen) atoms. The van der Waals surface area contributed by atoms with Gasteiger partial charge in [0.1, 0.15) is 0 Å². The molecule has 0 aromatic heterocycles. The number of unbranched alkanes of at least 4 members (excludes halogenated alkanes) is 2. The van der Waals surface area contributed by atoms with E-state index in [-0.39, 0.29) is 6.42 Å². The molecule has 0 atom stereocenters. The molecule has 0 unspecified atom stereocenters. The summed E-state index contributed by atoms with van der Waals surface area (Å²) in [5.74, 6) is -0.835. The summed E-state index contributed by atoms with van der Waals surface area (Å²) in [6.07, 6.45) is -2.25. The molecule has 0 heterocycles. The lowest BCUT2D eigenvalue weighted by atomic mass is 10.1. The zero-order valence-electron chi connectivity index (χ0n) is 10.6. The molecule has 0 bridgehead atoms. The van der Waals surface area contributed by atoms with E-state index in [1.807, 2.05) is 0 Å². The van der Waals surface area contributed by atoms with Crippen LogP contribution in [0.4, 0.5) is 18.9 Å². The van der Waals surface area contributed by atoms with Gasteiger partial charge in [0.15, 0.2) is 0 Å². The normalized spacial score (nSPS) is 11.4. The minimum atomic E-state index is -4.36. The first kappa shape index (κ1) is 16.8. The van der Waals surface area contributed by atoms with Crippen LogP contribution in [0.25, 0.3) is 0 Å². The maximum atomic E-state index is 12.6. The van der Waals surface area contributed by atoms with Gasteiger partial charge in [0.05, 0.1) is 5.56 Å². The Bertz CT molecular complexity index is 463. The third-order valence-electron chi connectivity index (χ3n) is 2.68. The highest BCUT2D eigenvalue weighted by Crippen LogP contribution is 2.33. The molecular weight excluding hydrogens is 339 g/mol. The second kappa shape index (κ2) is 7.52. The van der Waals surface area contributed by atoms with Crippen molar-refractivity contribution >= 4 is 27.6 Å². The Labute approximate surface area is 123 Å². The van der Waals surface area contributed by atoms with E-state index in [0.29, 0.717) is 29.5 Å². The molecule has 0 saturated heterocycles. The monoisotopic (exact) mass is 353 g/mol. The number of carboxylic acid groups (broad SMARTS) is 1. The quantitative estimate of drug-likeness (QED) is 0.708. The van der Waals surface area contributed by atoms with Gasteiger partial charge < -0.3 is 10.4 Å². The van der Waals surface area contributed by atoms with Gasteiger partial charge in [0.2, 0.25) is 0 Å². The van der Waals surface area contributed by atoms with Crippen LogP contribution in [0.5, 0.6) is 0 Å². The van der Waals surface area contributed by atoms with Gasteiger partial charge in [0, 0.05) is 23.1 Å². The van der Waals surface area contributed by atoms with Crippen molar-refractivity contribution < 1.29 is 23.1 Å². The number of carboxylic acids is 1. The molecule has 0 radical (unpaired) electrons. The van der Waals surface area contributed by atoms with Gasteiger partial charge in [-0.25, -0.2) is 0 Å². The molecule has 0 aliphatic rings. The summed E-state index contributed by atoms with van der Waals surface area (Å²) in [7, 11) is 0. The fourth-order valence-electron chi connectivity index (χ4n) is 1.64. The first-order valence-electron chi connectivity index (χ1n) is 6.13. The lowest BCUT2D eigenvalue weighted by Gasteiger charge is -2.12. The van der Waals surface area contributed by atoms with E-state index in [9.17, 15) is 18.0 Å². The highest BCUT2D eigenvalue weighted by molar-refractivity contribution is 9.10. The van der Waals surface area contributed by atoms with Crippen molar-refractivity contribution in [2.45, 2.75) is 31.9 Å². The maximum absolute atomic E-state index is 12.6. The number of rotatable bonds is 7. The van der Waals surface area contributed by atoms with Crippen molar-refractivity contribution in [3.63, 3.8) is 0 Å². The molecule has 0 spiro atoms. The summed E-state index contributed by atoms with van der Waals surface area (Å²) in [6, 6.07) is 3.43. The Kier molecular flexibility index (Phi) is 6.32. The minimum absolute atomic E-state index is 0.118. The van der Waals surface area contributed by atoms with Gasteiger partial charge in [-0.15, -0.1) is 0 Å². The third-order valence-corrected chi connectivity index (χ3v) is 3.37. The van der Waals surface area contributed by atoms with Crippen LogP contribution in [-0.4, -0.2) is 17.6 Å². The average Bonchev–Trinajstić information content (AvgIpc) is 2.33. The zero-order chi connectivity index (χ0) is 15.2. The number of hydrogen-bond acceptors (Lipinski definition) is 2. The second-order valence-electron chi connectivity index (χ2n) is 4.32. The predicted octanol–water partition coefficient (Wildman–Crippen LogP) is 4.52. The van der Waals surface area contributed by atoms with Gasteiger partial charge in [-0.05, 0) is 47.0 Å². The van der Waals surface area contributed by atoms with E-state index >= 15 is 0 Å². The van der Waals surface area contributed by atoms with E-state index in [0.717, 1.165) is 18.6 Å². The molecule has 0 amide bonds. The fraction of sp³-hybridized carbons (Fsp3) is 0.462. The van der Waals surface area contributed by atoms with Gasteiger partial charge in [0.25, 0.3) is 0 Å². The molecule has 0 aliphatic heterocycles. The van der Waals surface area contributed by atoms with E-state index in [4.69, 9.17) is 5.11 Å². The van der Waals surface area contributed by atoms with E-state index in [1.165, 1.54) is 6.07 Å². The van der Waals surface area contributed by atoms with Crippen molar-refractivity contribution in [3.8, 4) is 0 Å². The molecule has 0 fully saturated rings. The number of alkyl halides is 3. The summed E-state index contributed by atoms with van der Waals surface area (Å²) in [5, 5.41) is 11.4. The third kappa shape index (κ3) is 5.81. The average molecular weight is 354 g/mol. The van der Waals surface area contributed by atoms with E-state index in [1.54, 1.807) is 0 Å². The van der Waals surface area contributed by atoms with Crippen molar-refractivity contribution in [2.24, 2.45) is 0 Å². The molecule has 1 aromatic rings. The van der Waals surface area contributed by atoms with Crippen LogP contribution in [0, 0.1) is 0 Å². The summed E-state index contributed by atoms with van der Waals surface area (Å²) >= 11 is 3.19. The Balaban J connectivity index is 2.45. The van der Waals surface area contributed by atoms with Crippen LogP contribution in [-0.2, 0) is 11.0 Å². The Morgan fingerprint density at radius 3 is 2.55 bits per heavy atom. The summed E-state index contributed by atoms with van der Waals surface area (Å²) < 4.78 is 38.3. The van der Waals surface area contributed by atoms with Crippen molar-refractivity contribution in [2.75, 3.05) is 11.9 Å². The summed E-state index contributed by atoms with van der Waals surface area (Å²) in [6.45, 7) is 0.500. The highest BCUT2D eigenvalue weighted by atomic mass is 79.9. The number of carbonyl (C=O) groups is 1. The van der Waals surface area contributed by atoms with Crippen LogP contribution in [0.2, 0.25) is 0 Å². The Morgan fingerprint density at radius 2 is 1.95 bits per heavy atom. The molecule has 112 valence electrons. The van der Waals surface area contributed by atoms with Crippen LogP contribution < -0.4 is 5.32 Å². The van der Waals surface area contributed by atoms with Gasteiger partial charge in [-0.2, -0.15) is 13.2 Å². The predicted molar refractivity (Wildman–Crippen MR) is 73.7 cm³/mol. The minimum Gasteiger partial charge on any atom is -0.481 e. The fourth-order valence-corrected chi connectivity index (χ4v) is 2.02. The highest BCUT2D eigenvalue weighted by Gasteiger charge is 2.30. The van der Waals surface area contributed by atoms with Gasteiger partial charge in [-0.1, -0.05) is 6.42 Å². The number of anilines is 1. The summed E-state index contributed by atoms with van der Waals surface area (Å²) in [4.78, 5) is 10.3. The zero-order valence-corrected chi connectivity index (χ0v) is 12.2. The number of aliphatic carboxylic acids is 1. The van der Waals surface area contributed by atoms with Crippen molar-refractivity contribution in [1.82, 2.24) is 0 Å². The van der Waals surface area contributed by atoms with Crippen LogP contribution in [0.1, 0.15) is 31.2 Å². The second-order valence-corrected chi connectivity index (χ2v) is 5.18. The van der Waals surface area contributed by atoms with Crippen LogP contribution >= 0.6 is 15.9 Å². The molecule has 0 aliphatic carbocycles. The molecule has 1 aromatic carbocycles. The van der Waals surface area contributed by atoms with Crippen LogP contribution in [0.15, 0.2) is 22.7 Å². The van der Waals surface area contributed by atoms with Gasteiger partial charge >= 0.3 is 12.1 Å². The van der Waals surface area contributed by atoms with Crippen molar-refractivity contribution in [3.05, 3.63) is 28.2 Å². The first-order valence-corrected chi connectivity index (χ1v) is 6.92. The van der Waals surface area contributed by atoms with E-state index < -0.39 is 17.7 Å². The lowest BCUT2D eigenvalue weighted by molar-refractivity contribution is -0.138. The molecule has 0 saturated carbocycles. The topological polar surface area (TPSA) is 49.3 Å². The van der Waals surface area contributed by atoms with E-state index in [2.05, 4.69) is 21.2 Å². The first-order chi connectivity index (χ1) is 9.30. The molecule has 2 N–H and O–H groups in total. The smallest absolute Gasteiger partial charge is 0.416 e. The number of halogens is 4. The number of benzene rings is 1. The van der Waals surface area contributed by atoms with Crippen LogP contribution in [0.3, 0.4) is 0 Å². The Hall–Kier alpha value is -1.24. The van der Waals surface area contributed by atoms with Crippen molar-refractivity contribution in [1.29, 1.82) is 0 Å². The Morgan fingerprint density at radius 1 is 1.25 bits per heavy atom. The van der Waals surface area contributed by atoms with Gasteiger partial charge in [-0.3, -0.25) is 4.79 Å². The lowest BCUT2D eigenvalue weighted by Crippen LogP contribution is -2.08. The maximum Gasteiger partial charge on any atom is 0.416 e. The standard InChI is InChI=1S/C13H15BrF3NO2/c14-10-6-5-9(13(15,16)17)8-11(10)18-7-3-1-2-4-12(19)20/h5-6,8,18H,1-4,7H2,(H,19,20). The molecular formula is C13H15BrF3NO2. The number of nitrogens with one attached hydrogen (secondary N) is 1. The molecule has 7 heteroatoms. The molecule has 3 nitrogen and oxygen atoms in total. The largest absolute Gasteiger partial charge is 0.481 e. The number of hydrogen-bond donors (Lipinski definition) is 2. The molecule has 1 rings (SSSR count). The summed E-state index contributed by atoms with van der Waals surface area (Å²) in [5.41, 5.74) is -0.313. The SMILES string of the molecule is O=C(O)CCCCCNc1cc(C(F)(F)F)ccc1Br.